The number of hydrogen-bond acceptors (Lipinski definition) is 4. The molecule has 0 saturated carbocycles. The van der Waals surface area contributed by atoms with E-state index in [1.54, 1.807) is 32.9 Å². The molecule has 1 heterocycles. The fraction of sp³-hybridized carbons (Fsp3) is 0.462. The first-order chi connectivity index (χ1) is 9.10. The molecule has 1 amide bonds. The molecule has 0 N–H and O–H groups in total. The molecule has 0 radical (unpaired) electrons. The third kappa shape index (κ3) is 3.15. The second-order valence-electron chi connectivity index (χ2n) is 5.56. The van der Waals surface area contributed by atoms with Crippen molar-refractivity contribution in [2.75, 3.05) is 17.2 Å². The maximum Gasteiger partial charge on any atom is 0.414 e. The van der Waals surface area contributed by atoms with Crippen molar-refractivity contribution in [3.63, 3.8) is 0 Å². The molecule has 1 aromatic rings. The van der Waals surface area contributed by atoms with Crippen LogP contribution < -0.4 is 4.90 Å². The number of carbonyl (C=O) groups excluding carboxylic acids is 1. The number of fused-ring (bicyclic) bond motifs is 1. The summed E-state index contributed by atoms with van der Waals surface area (Å²) in [5, 5.41) is 0. The van der Waals surface area contributed by atoms with E-state index >= 15 is 0 Å². The molecule has 5 nitrogen and oxygen atoms in total. The summed E-state index contributed by atoms with van der Waals surface area (Å²) in [7, 11) is -3.35. The number of amides is 1. The lowest BCUT2D eigenvalue weighted by atomic mass is 10.2. The number of nitrogens with zero attached hydrogens (tertiary/aromatic N) is 1. The summed E-state index contributed by atoms with van der Waals surface area (Å²) < 4.78 is 30.1. The molecule has 0 fully saturated rings. The molecule has 1 aliphatic heterocycles. The van der Waals surface area contributed by atoms with Crippen LogP contribution in [0.1, 0.15) is 20.8 Å². The van der Waals surface area contributed by atoms with Crippen molar-refractivity contribution in [1.29, 1.82) is 0 Å². The molecule has 2 rings (SSSR count). The van der Waals surface area contributed by atoms with Gasteiger partial charge in [0.05, 0.1) is 16.3 Å². The van der Waals surface area contributed by atoms with E-state index in [1.807, 2.05) is 0 Å². The Morgan fingerprint density at radius 3 is 2.60 bits per heavy atom. The highest BCUT2D eigenvalue weighted by atomic mass is 79.9. The van der Waals surface area contributed by atoms with Crippen LogP contribution in [-0.4, -0.2) is 32.4 Å². The van der Waals surface area contributed by atoms with Crippen LogP contribution in [0.5, 0.6) is 0 Å². The van der Waals surface area contributed by atoms with Gasteiger partial charge in [0.1, 0.15) is 5.60 Å². The van der Waals surface area contributed by atoms with Gasteiger partial charge in [-0.15, -0.1) is 0 Å². The minimum absolute atomic E-state index is 0.101. The van der Waals surface area contributed by atoms with Gasteiger partial charge in [0.2, 0.25) is 0 Å². The summed E-state index contributed by atoms with van der Waals surface area (Å²) in [5.41, 5.74) is -0.253. The van der Waals surface area contributed by atoms with Crippen molar-refractivity contribution >= 4 is 37.5 Å². The molecular formula is C13H16BrNO4S. The van der Waals surface area contributed by atoms with E-state index in [4.69, 9.17) is 4.74 Å². The molecular weight excluding hydrogens is 346 g/mol. The van der Waals surface area contributed by atoms with Gasteiger partial charge in [-0.1, -0.05) is 15.9 Å². The number of rotatable bonds is 0. The van der Waals surface area contributed by atoms with Crippen molar-refractivity contribution in [3.05, 3.63) is 22.7 Å². The van der Waals surface area contributed by atoms with Crippen LogP contribution in [0.15, 0.2) is 27.6 Å². The summed E-state index contributed by atoms with van der Waals surface area (Å²) in [6.07, 6.45) is -0.532. The predicted molar refractivity (Wildman–Crippen MR) is 79.8 cm³/mol. The first-order valence-corrected chi connectivity index (χ1v) is 8.57. The monoisotopic (exact) mass is 361 g/mol. The maximum absolute atomic E-state index is 12.2. The average Bonchev–Trinajstić information content (AvgIpc) is 2.27. The smallest absolute Gasteiger partial charge is 0.414 e. The minimum Gasteiger partial charge on any atom is -0.443 e. The topological polar surface area (TPSA) is 63.7 Å². The zero-order chi connectivity index (χ0) is 15.1. The quantitative estimate of drug-likeness (QED) is 0.712. The number of sulfone groups is 1. The molecule has 0 spiro atoms. The Labute approximate surface area is 127 Å². The maximum atomic E-state index is 12.2. The van der Waals surface area contributed by atoms with Gasteiger partial charge in [-0.05, 0) is 39.0 Å². The highest BCUT2D eigenvalue weighted by Gasteiger charge is 2.33. The second kappa shape index (κ2) is 5.04. The van der Waals surface area contributed by atoms with Crippen LogP contribution in [0.25, 0.3) is 0 Å². The Morgan fingerprint density at radius 1 is 1.35 bits per heavy atom. The molecule has 1 aromatic carbocycles. The summed E-state index contributed by atoms with van der Waals surface area (Å²) in [6.45, 7) is 5.42. The Balaban J connectivity index is 2.43. The SMILES string of the molecule is CC(C)(C)OC(=O)N1CCS(=O)(=O)c2cc(Br)ccc21. The van der Waals surface area contributed by atoms with Gasteiger partial charge in [-0.3, -0.25) is 4.90 Å². The Bertz CT molecular complexity index is 649. The first-order valence-electron chi connectivity index (χ1n) is 6.13. The van der Waals surface area contributed by atoms with E-state index in [9.17, 15) is 13.2 Å². The Hall–Kier alpha value is -1.08. The molecule has 0 aromatic heterocycles. The molecule has 0 aliphatic carbocycles. The van der Waals surface area contributed by atoms with Crippen molar-refractivity contribution in [2.24, 2.45) is 0 Å². The number of ether oxygens (including phenoxy) is 1. The van der Waals surface area contributed by atoms with Gasteiger partial charge in [0.15, 0.2) is 9.84 Å². The van der Waals surface area contributed by atoms with Crippen LogP contribution in [0.2, 0.25) is 0 Å². The molecule has 7 heteroatoms. The average molecular weight is 362 g/mol. The van der Waals surface area contributed by atoms with Gasteiger partial charge < -0.3 is 4.74 Å². The van der Waals surface area contributed by atoms with E-state index < -0.39 is 21.5 Å². The van der Waals surface area contributed by atoms with Gasteiger partial charge in [-0.25, -0.2) is 13.2 Å². The van der Waals surface area contributed by atoms with Crippen molar-refractivity contribution in [1.82, 2.24) is 0 Å². The van der Waals surface area contributed by atoms with Crippen LogP contribution in [0.3, 0.4) is 0 Å². The number of hydrogen-bond donors (Lipinski definition) is 0. The van der Waals surface area contributed by atoms with E-state index in [2.05, 4.69) is 15.9 Å². The first kappa shape index (κ1) is 15.3. The van der Waals surface area contributed by atoms with Crippen LogP contribution in [-0.2, 0) is 14.6 Å². The van der Waals surface area contributed by atoms with Crippen LogP contribution in [0, 0.1) is 0 Å². The third-order valence-corrected chi connectivity index (χ3v) is 4.96. The van der Waals surface area contributed by atoms with Gasteiger partial charge in [0, 0.05) is 11.0 Å². The highest BCUT2D eigenvalue weighted by molar-refractivity contribution is 9.10. The molecule has 0 atom stereocenters. The molecule has 0 saturated heterocycles. The standard InChI is InChI=1S/C13H16BrNO4S/c1-13(2,3)19-12(16)15-6-7-20(17,18)11-8-9(14)4-5-10(11)15/h4-5,8H,6-7H2,1-3H3. The number of carbonyl (C=O) groups is 1. The summed E-state index contributed by atoms with van der Waals surface area (Å²) in [4.78, 5) is 13.7. The van der Waals surface area contributed by atoms with Crippen LogP contribution >= 0.6 is 15.9 Å². The molecule has 0 bridgehead atoms. The number of anilines is 1. The van der Waals surface area contributed by atoms with Gasteiger partial charge in [0.25, 0.3) is 0 Å². The van der Waals surface area contributed by atoms with Gasteiger partial charge in [-0.2, -0.15) is 0 Å². The lowest BCUT2D eigenvalue weighted by Gasteiger charge is -2.31. The van der Waals surface area contributed by atoms with Crippen molar-refractivity contribution in [2.45, 2.75) is 31.3 Å². The van der Waals surface area contributed by atoms with Crippen molar-refractivity contribution < 1.29 is 17.9 Å². The fourth-order valence-corrected chi connectivity index (χ4v) is 3.87. The van der Waals surface area contributed by atoms with Gasteiger partial charge >= 0.3 is 6.09 Å². The second-order valence-corrected chi connectivity index (χ2v) is 8.56. The number of halogens is 1. The van der Waals surface area contributed by atoms with E-state index in [1.165, 1.54) is 11.0 Å². The van der Waals surface area contributed by atoms with Crippen molar-refractivity contribution in [3.8, 4) is 0 Å². The minimum atomic E-state index is -3.35. The largest absolute Gasteiger partial charge is 0.443 e. The molecule has 20 heavy (non-hydrogen) atoms. The zero-order valence-corrected chi connectivity index (χ0v) is 13.9. The zero-order valence-electron chi connectivity index (χ0n) is 11.5. The lowest BCUT2D eigenvalue weighted by Crippen LogP contribution is -2.42. The van der Waals surface area contributed by atoms with Crippen LogP contribution in [0.4, 0.5) is 10.5 Å². The summed E-state index contributed by atoms with van der Waals surface area (Å²) in [6, 6.07) is 4.83. The Kier molecular flexibility index (Phi) is 3.85. The normalized spacial score (nSPS) is 17.5. The lowest BCUT2D eigenvalue weighted by molar-refractivity contribution is 0.0581. The third-order valence-electron chi connectivity index (χ3n) is 2.75. The Morgan fingerprint density at radius 2 is 2.00 bits per heavy atom. The fourth-order valence-electron chi connectivity index (χ4n) is 1.91. The summed E-state index contributed by atoms with van der Waals surface area (Å²) >= 11 is 3.25. The molecule has 110 valence electrons. The van der Waals surface area contributed by atoms with E-state index in [0.717, 1.165) is 0 Å². The van der Waals surface area contributed by atoms with E-state index in [0.29, 0.717) is 10.2 Å². The summed E-state index contributed by atoms with van der Waals surface area (Å²) in [5.74, 6) is -0.101. The predicted octanol–water partition coefficient (Wildman–Crippen LogP) is 2.98. The van der Waals surface area contributed by atoms with E-state index in [-0.39, 0.29) is 17.2 Å². The highest BCUT2D eigenvalue weighted by Crippen LogP contribution is 2.33. The molecule has 1 aliphatic rings. The number of benzene rings is 1. The molecule has 0 unspecified atom stereocenters.